The van der Waals surface area contributed by atoms with Crippen LogP contribution in [0.4, 0.5) is 10.1 Å². The van der Waals surface area contributed by atoms with Gasteiger partial charge in [0.25, 0.3) is 5.89 Å². The number of nitrogens with zero attached hydrogens (tertiary/aromatic N) is 2. The molecule has 8 nitrogen and oxygen atoms in total. The van der Waals surface area contributed by atoms with Gasteiger partial charge in [0.15, 0.2) is 11.9 Å². The minimum atomic E-state index is -0.644. The lowest BCUT2D eigenvalue weighted by Crippen LogP contribution is -2.12. The van der Waals surface area contributed by atoms with Gasteiger partial charge in [-0.15, -0.1) is 0 Å². The van der Waals surface area contributed by atoms with E-state index in [1.165, 1.54) is 12.1 Å². The molecule has 1 saturated carbocycles. The highest BCUT2D eigenvalue weighted by molar-refractivity contribution is 5.99. The van der Waals surface area contributed by atoms with Crippen molar-refractivity contribution in [3.05, 3.63) is 59.7 Å². The van der Waals surface area contributed by atoms with Crippen LogP contribution in [0.25, 0.3) is 11.5 Å². The number of carbonyl (C=O) groups excluding carboxylic acids is 2. The van der Waals surface area contributed by atoms with Gasteiger partial charge in [-0.25, -0.2) is 4.39 Å². The van der Waals surface area contributed by atoms with Crippen molar-refractivity contribution in [2.24, 2.45) is 5.92 Å². The number of carbonyl (C=O) groups is 2. The van der Waals surface area contributed by atoms with Crippen LogP contribution in [0.3, 0.4) is 0 Å². The van der Waals surface area contributed by atoms with Crippen LogP contribution < -0.4 is 10.1 Å². The van der Waals surface area contributed by atoms with Crippen molar-refractivity contribution in [2.45, 2.75) is 38.7 Å². The van der Waals surface area contributed by atoms with E-state index in [0.29, 0.717) is 23.3 Å². The van der Waals surface area contributed by atoms with Gasteiger partial charge in [0.1, 0.15) is 11.6 Å². The molecule has 1 aromatic heterocycles. The second-order valence-corrected chi connectivity index (χ2v) is 7.95. The summed E-state index contributed by atoms with van der Waals surface area (Å²) < 4.78 is 25.5. The summed E-state index contributed by atoms with van der Waals surface area (Å²) in [5.74, 6) is 0.262. The zero-order chi connectivity index (χ0) is 23.4. The number of ether oxygens (including phenoxy) is 1. The van der Waals surface area contributed by atoms with Crippen LogP contribution in [0.15, 0.2) is 47.0 Å². The number of aliphatic hydroxyl groups is 1. The number of Topliss-reactive ketones (excluding diaryl/α,β-unsaturated/α-hetero) is 1. The SMILES string of the molecule is CC(Oc1ccc(C(=O)C2CC2)cc1)c1noc(-c2ccc(NC(=O)CCCO)c(F)c2)n1. The highest BCUT2D eigenvalue weighted by Crippen LogP contribution is 2.33. The molecule has 0 saturated heterocycles. The summed E-state index contributed by atoms with van der Waals surface area (Å²) in [5.41, 5.74) is 1.06. The summed E-state index contributed by atoms with van der Waals surface area (Å²) >= 11 is 0. The van der Waals surface area contributed by atoms with Gasteiger partial charge >= 0.3 is 0 Å². The summed E-state index contributed by atoms with van der Waals surface area (Å²) in [7, 11) is 0. The number of aliphatic hydroxyl groups excluding tert-OH is 1. The predicted octanol–water partition coefficient (Wildman–Crippen LogP) is 4.32. The monoisotopic (exact) mass is 453 g/mol. The maximum absolute atomic E-state index is 14.4. The van der Waals surface area contributed by atoms with Gasteiger partial charge in [-0.05, 0) is 68.7 Å². The van der Waals surface area contributed by atoms with Crippen molar-refractivity contribution in [3.63, 3.8) is 0 Å². The molecule has 172 valence electrons. The second kappa shape index (κ2) is 9.91. The summed E-state index contributed by atoms with van der Waals surface area (Å²) in [6.07, 6.45) is 1.78. The van der Waals surface area contributed by atoms with E-state index in [1.54, 1.807) is 37.3 Å². The zero-order valence-electron chi connectivity index (χ0n) is 18.1. The Morgan fingerprint density at radius 3 is 2.67 bits per heavy atom. The van der Waals surface area contributed by atoms with E-state index in [4.69, 9.17) is 14.4 Å². The lowest BCUT2D eigenvalue weighted by Gasteiger charge is -2.11. The van der Waals surface area contributed by atoms with Gasteiger partial charge in [-0.2, -0.15) is 4.98 Å². The van der Waals surface area contributed by atoms with Crippen LogP contribution in [0.5, 0.6) is 5.75 Å². The van der Waals surface area contributed by atoms with Crippen LogP contribution >= 0.6 is 0 Å². The average molecular weight is 453 g/mol. The van der Waals surface area contributed by atoms with Gasteiger partial charge in [-0.3, -0.25) is 9.59 Å². The van der Waals surface area contributed by atoms with E-state index in [9.17, 15) is 14.0 Å². The zero-order valence-corrected chi connectivity index (χ0v) is 18.1. The summed E-state index contributed by atoms with van der Waals surface area (Å²) in [5, 5.41) is 15.2. The molecule has 1 fully saturated rings. The fourth-order valence-electron chi connectivity index (χ4n) is 3.25. The van der Waals surface area contributed by atoms with Crippen molar-refractivity contribution in [3.8, 4) is 17.2 Å². The molecule has 2 aromatic carbocycles. The molecule has 1 aliphatic rings. The first-order valence-corrected chi connectivity index (χ1v) is 10.8. The average Bonchev–Trinajstić information content (AvgIpc) is 3.55. The molecule has 0 radical (unpaired) electrons. The summed E-state index contributed by atoms with van der Waals surface area (Å²) in [4.78, 5) is 28.1. The first kappa shape index (κ1) is 22.6. The number of amides is 1. The molecule has 3 aromatic rings. The van der Waals surface area contributed by atoms with E-state index in [-0.39, 0.29) is 48.0 Å². The number of rotatable bonds is 10. The molecule has 1 heterocycles. The maximum atomic E-state index is 14.4. The number of hydrogen-bond donors (Lipinski definition) is 2. The van der Waals surface area contributed by atoms with Gasteiger partial charge in [-0.1, -0.05) is 5.16 Å². The quantitative estimate of drug-likeness (QED) is 0.439. The highest BCUT2D eigenvalue weighted by Gasteiger charge is 2.30. The van der Waals surface area contributed by atoms with Gasteiger partial charge in [0, 0.05) is 30.1 Å². The normalized spacial score (nSPS) is 14.0. The fourth-order valence-corrected chi connectivity index (χ4v) is 3.25. The minimum Gasteiger partial charge on any atom is -0.483 e. The Labute approximate surface area is 189 Å². The van der Waals surface area contributed by atoms with Crippen molar-refractivity contribution in [1.29, 1.82) is 0 Å². The molecule has 1 amide bonds. The van der Waals surface area contributed by atoms with Crippen LogP contribution in [0.1, 0.15) is 54.9 Å². The largest absolute Gasteiger partial charge is 0.483 e. The number of benzene rings is 2. The molecule has 0 spiro atoms. The Balaban J connectivity index is 1.39. The van der Waals surface area contributed by atoms with E-state index >= 15 is 0 Å². The van der Waals surface area contributed by atoms with E-state index in [1.807, 2.05) is 0 Å². The third-order valence-corrected chi connectivity index (χ3v) is 5.26. The summed E-state index contributed by atoms with van der Waals surface area (Å²) in [6, 6.07) is 11.1. The Hall–Kier alpha value is -3.59. The topological polar surface area (TPSA) is 115 Å². The standard InChI is InChI=1S/C24H24FN3O5/c1-14(32-18-9-6-16(7-10-18)22(31)15-4-5-15)23-27-24(33-28-23)17-8-11-20(19(25)13-17)26-21(30)3-2-12-29/h6-11,13-15,29H,2-5,12H2,1H3,(H,26,30). The number of nitrogens with one attached hydrogen (secondary N) is 1. The molecular weight excluding hydrogens is 429 g/mol. The molecular formula is C24H24FN3O5. The number of aromatic nitrogens is 2. The van der Waals surface area contributed by atoms with Crippen molar-refractivity contribution < 1.29 is 28.3 Å². The smallest absolute Gasteiger partial charge is 0.258 e. The Bertz CT molecular complexity index is 1140. The van der Waals surface area contributed by atoms with E-state index in [0.717, 1.165) is 12.8 Å². The number of halogens is 1. The maximum Gasteiger partial charge on any atom is 0.258 e. The molecule has 1 aliphatic carbocycles. The van der Waals surface area contributed by atoms with Gasteiger partial charge in [0.05, 0.1) is 5.69 Å². The number of hydrogen-bond acceptors (Lipinski definition) is 7. The van der Waals surface area contributed by atoms with Crippen LogP contribution in [-0.4, -0.2) is 33.5 Å². The first-order valence-electron chi connectivity index (χ1n) is 10.8. The molecule has 0 bridgehead atoms. The van der Waals surface area contributed by atoms with E-state index < -0.39 is 11.9 Å². The molecule has 0 aliphatic heterocycles. The molecule has 9 heteroatoms. The summed E-state index contributed by atoms with van der Waals surface area (Å²) in [6.45, 7) is 1.64. The second-order valence-electron chi connectivity index (χ2n) is 7.95. The van der Waals surface area contributed by atoms with Gasteiger partial charge < -0.3 is 19.7 Å². The molecule has 4 rings (SSSR count). The van der Waals surface area contributed by atoms with Crippen molar-refractivity contribution >= 4 is 17.4 Å². The van der Waals surface area contributed by atoms with Crippen LogP contribution in [0, 0.1) is 11.7 Å². The minimum absolute atomic E-state index is 0.0294. The first-order chi connectivity index (χ1) is 15.9. The predicted molar refractivity (Wildman–Crippen MR) is 117 cm³/mol. The molecule has 1 unspecified atom stereocenters. The lowest BCUT2D eigenvalue weighted by atomic mass is 10.1. The van der Waals surface area contributed by atoms with E-state index in [2.05, 4.69) is 15.5 Å². The van der Waals surface area contributed by atoms with Crippen LogP contribution in [-0.2, 0) is 4.79 Å². The number of ketones is 1. The molecule has 2 N–H and O–H groups in total. The number of anilines is 1. The Morgan fingerprint density at radius 1 is 1.24 bits per heavy atom. The Kier molecular flexibility index (Phi) is 6.79. The van der Waals surface area contributed by atoms with Crippen LogP contribution in [0.2, 0.25) is 0 Å². The molecule has 33 heavy (non-hydrogen) atoms. The molecule has 1 atom stereocenters. The third kappa shape index (κ3) is 5.61. The van der Waals surface area contributed by atoms with Crippen molar-refractivity contribution in [2.75, 3.05) is 11.9 Å². The van der Waals surface area contributed by atoms with Crippen molar-refractivity contribution in [1.82, 2.24) is 10.1 Å². The Morgan fingerprint density at radius 2 is 2.00 bits per heavy atom. The fraction of sp³-hybridized carbons (Fsp3) is 0.333. The highest BCUT2D eigenvalue weighted by atomic mass is 19.1. The lowest BCUT2D eigenvalue weighted by molar-refractivity contribution is -0.116. The third-order valence-electron chi connectivity index (χ3n) is 5.26. The van der Waals surface area contributed by atoms with Gasteiger partial charge in [0.2, 0.25) is 11.7 Å².